The minimum absolute atomic E-state index is 0.0837. The summed E-state index contributed by atoms with van der Waals surface area (Å²) in [6.45, 7) is 4.09. The van der Waals surface area contributed by atoms with Gasteiger partial charge in [0.15, 0.2) is 0 Å². The first kappa shape index (κ1) is 14.8. The molecule has 0 spiro atoms. The Kier molecular flexibility index (Phi) is 5.47. The highest BCUT2D eigenvalue weighted by Gasteiger charge is 2.15. The Labute approximate surface area is 116 Å². The molecule has 0 aliphatic rings. The molecular weight excluding hydrogens is 298 g/mol. The predicted octanol–water partition coefficient (Wildman–Crippen LogP) is 3.39. The van der Waals surface area contributed by atoms with E-state index in [1.807, 2.05) is 6.92 Å². The molecule has 0 bridgehead atoms. The van der Waals surface area contributed by atoms with E-state index < -0.39 is 5.97 Å². The van der Waals surface area contributed by atoms with Crippen molar-refractivity contribution in [2.45, 2.75) is 32.8 Å². The van der Waals surface area contributed by atoms with Crippen LogP contribution in [0.3, 0.4) is 0 Å². The van der Waals surface area contributed by atoms with Gasteiger partial charge in [0.1, 0.15) is 5.75 Å². The fraction of sp³-hybridized carbons (Fsp3) is 0.462. The van der Waals surface area contributed by atoms with Crippen LogP contribution in [0, 0.1) is 0 Å². The summed E-state index contributed by atoms with van der Waals surface area (Å²) in [5, 5.41) is 0. The fourth-order valence-electron chi connectivity index (χ4n) is 1.63. The van der Waals surface area contributed by atoms with Gasteiger partial charge in [0.05, 0.1) is 23.2 Å². The lowest BCUT2D eigenvalue weighted by atomic mass is 10.1. The molecular formula is C13H18BrNO3. The Balaban J connectivity index is 3.01. The van der Waals surface area contributed by atoms with Gasteiger partial charge in [-0.05, 0) is 41.4 Å². The number of methoxy groups -OCH3 is 1. The maximum absolute atomic E-state index is 11.5. The Morgan fingerprint density at radius 2 is 2.17 bits per heavy atom. The van der Waals surface area contributed by atoms with Crippen LogP contribution in [0.1, 0.15) is 37.0 Å². The molecule has 100 valence electrons. The number of carbonyl (C=O) groups is 1. The first-order valence-electron chi connectivity index (χ1n) is 5.83. The molecule has 4 nitrogen and oxygen atoms in total. The van der Waals surface area contributed by atoms with Gasteiger partial charge in [-0.25, -0.2) is 4.79 Å². The van der Waals surface area contributed by atoms with Gasteiger partial charge in [-0.15, -0.1) is 0 Å². The summed E-state index contributed by atoms with van der Waals surface area (Å²) in [4.78, 5) is 11.5. The Bertz CT molecular complexity index is 434. The summed E-state index contributed by atoms with van der Waals surface area (Å²) < 4.78 is 11.2. The predicted molar refractivity (Wildman–Crippen MR) is 74.9 cm³/mol. The summed E-state index contributed by atoms with van der Waals surface area (Å²) >= 11 is 3.37. The van der Waals surface area contributed by atoms with Crippen molar-refractivity contribution in [2.75, 3.05) is 12.8 Å². The van der Waals surface area contributed by atoms with Gasteiger partial charge < -0.3 is 15.2 Å². The monoisotopic (exact) mass is 315 g/mol. The number of benzene rings is 1. The number of ether oxygens (including phenoxy) is 2. The van der Waals surface area contributed by atoms with Gasteiger partial charge >= 0.3 is 5.97 Å². The zero-order valence-corrected chi connectivity index (χ0v) is 12.4. The Morgan fingerprint density at radius 1 is 1.50 bits per heavy atom. The van der Waals surface area contributed by atoms with Gasteiger partial charge in [-0.1, -0.05) is 13.3 Å². The highest BCUT2D eigenvalue weighted by molar-refractivity contribution is 9.10. The van der Waals surface area contributed by atoms with Crippen molar-refractivity contribution in [2.24, 2.45) is 0 Å². The van der Waals surface area contributed by atoms with E-state index in [0.29, 0.717) is 17.0 Å². The average molecular weight is 316 g/mol. The van der Waals surface area contributed by atoms with Crippen molar-refractivity contribution in [3.8, 4) is 5.75 Å². The number of rotatable bonds is 5. The van der Waals surface area contributed by atoms with Gasteiger partial charge in [0.25, 0.3) is 0 Å². The van der Waals surface area contributed by atoms with E-state index in [0.717, 1.165) is 17.3 Å². The van der Waals surface area contributed by atoms with E-state index in [2.05, 4.69) is 27.6 Å². The molecule has 5 heteroatoms. The Morgan fingerprint density at radius 3 is 2.72 bits per heavy atom. The van der Waals surface area contributed by atoms with Gasteiger partial charge in [0.2, 0.25) is 0 Å². The molecule has 0 aromatic heterocycles. The molecule has 0 heterocycles. The zero-order chi connectivity index (χ0) is 13.7. The third kappa shape index (κ3) is 3.63. The molecule has 1 rings (SSSR count). The van der Waals surface area contributed by atoms with Crippen LogP contribution in [-0.4, -0.2) is 19.2 Å². The molecule has 0 radical (unpaired) electrons. The molecule has 1 atom stereocenters. The second kappa shape index (κ2) is 6.64. The third-order valence-electron chi connectivity index (χ3n) is 2.53. The van der Waals surface area contributed by atoms with Crippen LogP contribution < -0.4 is 10.5 Å². The molecule has 0 aliphatic carbocycles. The summed E-state index contributed by atoms with van der Waals surface area (Å²) in [5.41, 5.74) is 6.45. The van der Waals surface area contributed by atoms with E-state index in [9.17, 15) is 4.79 Å². The third-order valence-corrected chi connectivity index (χ3v) is 3.15. The molecule has 2 N–H and O–H groups in total. The number of nitrogen functional groups attached to an aromatic ring is 1. The van der Waals surface area contributed by atoms with Gasteiger partial charge in [-0.3, -0.25) is 0 Å². The molecule has 1 aromatic rings. The second-order valence-corrected chi connectivity index (χ2v) is 4.93. The van der Waals surface area contributed by atoms with E-state index >= 15 is 0 Å². The van der Waals surface area contributed by atoms with Crippen molar-refractivity contribution in [1.82, 2.24) is 0 Å². The summed E-state index contributed by atoms with van der Waals surface area (Å²) in [7, 11) is 1.32. The first-order valence-corrected chi connectivity index (χ1v) is 6.62. The van der Waals surface area contributed by atoms with Crippen LogP contribution in [0.15, 0.2) is 16.6 Å². The minimum atomic E-state index is -0.465. The molecule has 0 aliphatic heterocycles. The van der Waals surface area contributed by atoms with Crippen LogP contribution in [0.2, 0.25) is 0 Å². The lowest BCUT2D eigenvalue weighted by molar-refractivity contribution is 0.0601. The molecule has 0 fully saturated rings. The number of nitrogens with two attached hydrogens (primary N) is 1. The summed E-state index contributed by atoms with van der Waals surface area (Å²) in [6, 6.07) is 3.26. The average Bonchev–Trinajstić information content (AvgIpc) is 2.32. The molecule has 18 heavy (non-hydrogen) atoms. The van der Waals surface area contributed by atoms with E-state index in [1.165, 1.54) is 7.11 Å². The van der Waals surface area contributed by atoms with Crippen LogP contribution in [0.4, 0.5) is 5.69 Å². The SMILES string of the molecule is CCCC(C)Oc1cc(C(=O)OC)c(N)cc1Br. The summed E-state index contributed by atoms with van der Waals surface area (Å²) in [5.74, 6) is 0.138. The number of esters is 1. The van der Waals surface area contributed by atoms with Crippen molar-refractivity contribution >= 4 is 27.6 Å². The first-order chi connectivity index (χ1) is 8.49. The number of hydrogen-bond donors (Lipinski definition) is 1. The zero-order valence-electron chi connectivity index (χ0n) is 10.8. The molecule has 1 unspecified atom stereocenters. The van der Waals surface area contributed by atoms with Crippen LogP contribution in [-0.2, 0) is 4.74 Å². The van der Waals surface area contributed by atoms with E-state index in [-0.39, 0.29) is 6.10 Å². The molecule has 1 aromatic carbocycles. The van der Waals surface area contributed by atoms with Crippen molar-refractivity contribution in [3.63, 3.8) is 0 Å². The standard InChI is InChI=1S/C13H18BrNO3/c1-4-5-8(2)18-12-6-9(13(16)17-3)11(15)7-10(12)14/h6-8H,4-5,15H2,1-3H3. The van der Waals surface area contributed by atoms with Crippen LogP contribution in [0.5, 0.6) is 5.75 Å². The van der Waals surface area contributed by atoms with Crippen LogP contribution in [0.25, 0.3) is 0 Å². The minimum Gasteiger partial charge on any atom is -0.490 e. The number of carbonyl (C=O) groups excluding carboxylic acids is 1. The van der Waals surface area contributed by atoms with E-state index in [4.69, 9.17) is 10.5 Å². The van der Waals surface area contributed by atoms with Gasteiger partial charge in [0, 0.05) is 5.69 Å². The Hall–Kier alpha value is -1.23. The lowest BCUT2D eigenvalue weighted by Gasteiger charge is -2.16. The van der Waals surface area contributed by atoms with Crippen molar-refractivity contribution in [3.05, 3.63) is 22.2 Å². The van der Waals surface area contributed by atoms with Crippen molar-refractivity contribution < 1.29 is 14.3 Å². The highest BCUT2D eigenvalue weighted by Crippen LogP contribution is 2.31. The van der Waals surface area contributed by atoms with E-state index in [1.54, 1.807) is 12.1 Å². The molecule has 0 saturated heterocycles. The largest absolute Gasteiger partial charge is 0.490 e. The number of halogens is 1. The molecule has 0 saturated carbocycles. The lowest BCUT2D eigenvalue weighted by Crippen LogP contribution is -2.13. The second-order valence-electron chi connectivity index (χ2n) is 4.08. The number of anilines is 1. The normalized spacial score (nSPS) is 12.0. The fourth-order valence-corrected chi connectivity index (χ4v) is 2.08. The van der Waals surface area contributed by atoms with Crippen LogP contribution >= 0.6 is 15.9 Å². The summed E-state index contributed by atoms with van der Waals surface area (Å²) in [6.07, 6.45) is 2.07. The topological polar surface area (TPSA) is 61.5 Å². The van der Waals surface area contributed by atoms with Crippen molar-refractivity contribution in [1.29, 1.82) is 0 Å². The van der Waals surface area contributed by atoms with Gasteiger partial charge in [-0.2, -0.15) is 0 Å². The quantitative estimate of drug-likeness (QED) is 0.668. The maximum atomic E-state index is 11.5. The number of hydrogen-bond acceptors (Lipinski definition) is 4. The molecule has 0 amide bonds. The smallest absolute Gasteiger partial charge is 0.340 e. The maximum Gasteiger partial charge on any atom is 0.340 e. The highest BCUT2D eigenvalue weighted by atomic mass is 79.9.